The van der Waals surface area contributed by atoms with Crippen molar-refractivity contribution in [3.8, 4) is 0 Å². The largest absolute Gasteiger partial charge is 0.370 e. The Balaban J connectivity index is 1.47. The highest BCUT2D eigenvalue weighted by atomic mass is 15.3. The van der Waals surface area contributed by atoms with E-state index in [1.54, 1.807) is 0 Å². The van der Waals surface area contributed by atoms with E-state index in [1.807, 2.05) is 0 Å². The molecular weight excluding hydrogens is 312 g/mol. The van der Waals surface area contributed by atoms with E-state index in [9.17, 15) is 0 Å². The van der Waals surface area contributed by atoms with Gasteiger partial charge in [0.25, 0.3) is 0 Å². The van der Waals surface area contributed by atoms with Crippen LogP contribution >= 0.6 is 0 Å². The Bertz CT molecular complexity index is 582. The van der Waals surface area contributed by atoms with Gasteiger partial charge in [0.1, 0.15) is 11.5 Å². The van der Waals surface area contributed by atoms with Gasteiger partial charge in [0.15, 0.2) is 5.96 Å². The van der Waals surface area contributed by atoms with Crippen molar-refractivity contribution >= 4 is 5.96 Å². The van der Waals surface area contributed by atoms with E-state index in [1.165, 1.54) is 38.5 Å². The molecule has 5 N–H and O–H groups in total. The molecule has 25 heavy (non-hydrogen) atoms. The molecule has 5 fully saturated rings. The van der Waals surface area contributed by atoms with E-state index in [-0.39, 0.29) is 5.41 Å². The molecule has 4 saturated carbocycles. The number of hydrogen-bond donors (Lipinski definition) is 3. The van der Waals surface area contributed by atoms with Gasteiger partial charge in [-0.3, -0.25) is 0 Å². The van der Waals surface area contributed by atoms with Gasteiger partial charge >= 0.3 is 0 Å². The number of nitrogens with zero attached hydrogens (tertiary/aromatic N) is 3. The number of aliphatic imine (C=N–C) groups is 1. The van der Waals surface area contributed by atoms with E-state index in [4.69, 9.17) is 16.5 Å². The van der Waals surface area contributed by atoms with Crippen molar-refractivity contribution in [2.24, 2.45) is 39.6 Å². The molecule has 0 aromatic carbocycles. The first-order chi connectivity index (χ1) is 11.9. The Hall–Kier alpha value is -1.27. The van der Waals surface area contributed by atoms with Crippen LogP contribution < -0.4 is 16.8 Å². The summed E-state index contributed by atoms with van der Waals surface area (Å²) in [6.45, 7) is 4.18. The van der Waals surface area contributed by atoms with E-state index in [0.717, 1.165) is 49.8 Å². The van der Waals surface area contributed by atoms with Gasteiger partial charge in [-0.25, -0.2) is 4.99 Å². The Morgan fingerprint density at radius 1 is 1.04 bits per heavy atom. The summed E-state index contributed by atoms with van der Waals surface area (Å²) in [5, 5.41) is 3.30. The molecule has 1 saturated heterocycles. The normalized spacial score (nSPS) is 46.6. The predicted octanol–water partition coefficient (Wildman–Crippen LogP) is 0.865. The second-order valence-corrected chi connectivity index (χ2v) is 9.47. The van der Waals surface area contributed by atoms with Gasteiger partial charge < -0.3 is 26.6 Å². The van der Waals surface area contributed by atoms with Crippen molar-refractivity contribution in [3.05, 3.63) is 11.9 Å². The maximum atomic E-state index is 7.05. The fourth-order valence-corrected chi connectivity index (χ4v) is 6.73. The van der Waals surface area contributed by atoms with Crippen LogP contribution in [0.3, 0.4) is 0 Å². The molecule has 6 aliphatic rings. The van der Waals surface area contributed by atoms with Crippen LogP contribution in [0.25, 0.3) is 0 Å². The number of piperazine rings is 1. The minimum atomic E-state index is -0.642. The quantitative estimate of drug-likeness (QED) is 0.692. The Morgan fingerprint density at radius 3 is 2.16 bits per heavy atom. The van der Waals surface area contributed by atoms with Crippen LogP contribution in [-0.2, 0) is 0 Å². The van der Waals surface area contributed by atoms with Crippen LogP contribution in [0.5, 0.6) is 0 Å². The van der Waals surface area contributed by atoms with Gasteiger partial charge in [0.2, 0.25) is 0 Å². The summed E-state index contributed by atoms with van der Waals surface area (Å²) in [4.78, 5) is 9.57. The zero-order valence-electron chi connectivity index (χ0n) is 15.4. The van der Waals surface area contributed by atoms with Crippen LogP contribution in [0.1, 0.15) is 38.5 Å². The first kappa shape index (κ1) is 15.9. The first-order valence-electron chi connectivity index (χ1n) is 10.0. The number of nitrogens with two attached hydrogens (primary N) is 2. The van der Waals surface area contributed by atoms with Gasteiger partial charge in [-0.15, -0.1) is 0 Å². The maximum Gasteiger partial charge on any atom is 0.196 e. The third-order valence-corrected chi connectivity index (χ3v) is 7.65. The molecule has 0 amide bonds. The monoisotopic (exact) mass is 344 g/mol. The average molecular weight is 345 g/mol. The molecule has 4 bridgehead atoms. The van der Waals surface area contributed by atoms with Crippen molar-refractivity contribution < 1.29 is 0 Å². The summed E-state index contributed by atoms with van der Waals surface area (Å²) in [5.74, 6) is 4.16. The van der Waals surface area contributed by atoms with Gasteiger partial charge in [0, 0.05) is 31.6 Å². The van der Waals surface area contributed by atoms with Gasteiger partial charge in [-0.05, 0) is 69.4 Å². The lowest BCUT2D eigenvalue weighted by Gasteiger charge is -2.61. The summed E-state index contributed by atoms with van der Waals surface area (Å²) < 4.78 is 0. The highest BCUT2D eigenvalue weighted by molar-refractivity contribution is 5.81. The summed E-state index contributed by atoms with van der Waals surface area (Å²) >= 11 is 0. The molecule has 0 aromatic rings. The van der Waals surface area contributed by atoms with E-state index in [0.29, 0.717) is 5.96 Å². The summed E-state index contributed by atoms with van der Waals surface area (Å²) in [6, 6.07) is 0. The molecule has 0 aromatic heterocycles. The molecule has 0 radical (unpaired) electrons. The topological polar surface area (TPSA) is 82.9 Å². The second-order valence-electron chi connectivity index (χ2n) is 9.47. The molecule has 2 heterocycles. The molecule has 1 atom stereocenters. The molecular formula is C19H32N6. The third-order valence-electron chi connectivity index (χ3n) is 7.65. The smallest absolute Gasteiger partial charge is 0.196 e. The fourth-order valence-electron chi connectivity index (χ4n) is 6.73. The lowest BCUT2D eigenvalue weighted by atomic mass is 9.46. The number of rotatable bonds is 2. The Morgan fingerprint density at radius 2 is 1.60 bits per heavy atom. The molecule has 6 heteroatoms. The SMILES string of the molecule is CN1CCN(C2=CC(N)(C34CC5CC(CC(C5)C3)C4)N=C(N)N2)CC1. The predicted molar refractivity (Wildman–Crippen MR) is 99.4 cm³/mol. The zero-order valence-corrected chi connectivity index (χ0v) is 15.4. The molecule has 1 unspecified atom stereocenters. The number of likely N-dealkylation sites (N-methyl/N-ethyl adjacent to an activating group) is 1. The molecule has 0 spiro atoms. The third kappa shape index (κ3) is 2.48. The van der Waals surface area contributed by atoms with E-state index >= 15 is 0 Å². The fraction of sp³-hybridized carbons (Fsp3) is 0.842. The van der Waals surface area contributed by atoms with Crippen molar-refractivity contribution in [3.63, 3.8) is 0 Å². The molecule has 6 rings (SSSR count). The zero-order chi connectivity index (χ0) is 17.2. The number of hydrogen-bond acceptors (Lipinski definition) is 6. The van der Waals surface area contributed by atoms with Crippen LogP contribution in [0.2, 0.25) is 0 Å². The Labute approximate surface area is 150 Å². The van der Waals surface area contributed by atoms with Gasteiger partial charge in [0.05, 0.1) is 0 Å². The highest BCUT2D eigenvalue weighted by Crippen LogP contribution is 2.64. The maximum absolute atomic E-state index is 7.05. The lowest BCUT2D eigenvalue weighted by molar-refractivity contribution is -0.0844. The Kier molecular flexibility index (Phi) is 3.42. The minimum Gasteiger partial charge on any atom is -0.370 e. The number of guanidine groups is 1. The van der Waals surface area contributed by atoms with Crippen molar-refractivity contribution in [1.82, 2.24) is 15.1 Å². The summed E-state index contributed by atoms with van der Waals surface area (Å²) in [7, 11) is 2.18. The average Bonchev–Trinajstić information content (AvgIpc) is 2.53. The second kappa shape index (κ2) is 5.36. The van der Waals surface area contributed by atoms with Gasteiger partial charge in [-0.2, -0.15) is 0 Å². The van der Waals surface area contributed by atoms with Crippen molar-refractivity contribution in [1.29, 1.82) is 0 Å². The molecule has 4 aliphatic carbocycles. The standard InChI is InChI=1S/C19H32N6/c1-24-2-4-25(5-3-24)16-12-19(21,23-17(20)22-16)18-9-13-6-14(10-18)8-15(7-13)11-18/h12-15H,2-11,21H2,1H3,(H3,20,22,23). The lowest BCUT2D eigenvalue weighted by Crippen LogP contribution is -2.64. The summed E-state index contributed by atoms with van der Waals surface area (Å²) in [6.07, 6.45) is 10.2. The van der Waals surface area contributed by atoms with Crippen LogP contribution in [0.15, 0.2) is 16.9 Å². The van der Waals surface area contributed by atoms with Crippen LogP contribution in [0, 0.1) is 23.2 Å². The van der Waals surface area contributed by atoms with Crippen molar-refractivity contribution in [2.45, 2.75) is 44.2 Å². The number of nitrogens with one attached hydrogen (secondary N) is 1. The van der Waals surface area contributed by atoms with Crippen LogP contribution in [-0.4, -0.2) is 54.6 Å². The molecule has 138 valence electrons. The van der Waals surface area contributed by atoms with E-state index in [2.05, 4.69) is 28.2 Å². The molecule has 2 aliphatic heterocycles. The minimum absolute atomic E-state index is 0.117. The highest BCUT2D eigenvalue weighted by Gasteiger charge is 2.59. The van der Waals surface area contributed by atoms with Gasteiger partial charge in [-0.1, -0.05) is 0 Å². The summed E-state index contributed by atoms with van der Waals surface area (Å²) in [5.41, 5.74) is 12.8. The van der Waals surface area contributed by atoms with E-state index < -0.39 is 5.66 Å². The van der Waals surface area contributed by atoms with Crippen molar-refractivity contribution in [2.75, 3.05) is 33.2 Å². The first-order valence-corrected chi connectivity index (χ1v) is 10.0. The molecule has 6 nitrogen and oxygen atoms in total. The van der Waals surface area contributed by atoms with Crippen LogP contribution in [0.4, 0.5) is 0 Å².